The number of hydrogen-bond acceptors (Lipinski definition) is 4. The van der Waals surface area contributed by atoms with Crippen LogP contribution in [0.5, 0.6) is 11.6 Å². The maximum Gasteiger partial charge on any atom is 0.573 e. The number of ether oxygens (including phenoxy) is 2. The summed E-state index contributed by atoms with van der Waals surface area (Å²) in [7, 11) is 1.40. The van der Waals surface area contributed by atoms with E-state index < -0.39 is 6.36 Å². The molecule has 1 aromatic heterocycles. The lowest BCUT2D eigenvalue weighted by Gasteiger charge is -2.11. The van der Waals surface area contributed by atoms with Gasteiger partial charge < -0.3 is 9.47 Å². The maximum atomic E-state index is 12.2. The number of carbonyl (C=O) groups is 1. The molecule has 0 aliphatic carbocycles. The van der Waals surface area contributed by atoms with Crippen molar-refractivity contribution in [2.45, 2.75) is 6.36 Å². The lowest BCUT2D eigenvalue weighted by atomic mass is 10.0. The fourth-order valence-electron chi connectivity index (χ4n) is 1.76. The van der Waals surface area contributed by atoms with Crippen LogP contribution >= 0.6 is 0 Å². The molecular formula is C14H10F3NO3. The molecule has 0 atom stereocenters. The smallest absolute Gasteiger partial charge is 0.481 e. The molecule has 4 nitrogen and oxygen atoms in total. The van der Waals surface area contributed by atoms with Gasteiger partial charge in [0.15, 0.2) is 6.29 Å². The third-order valence-corrected chi connectivity index (χ3v) is 2.60. The third kappa shape index (κ3) is 3.71. The van der Waals surface area contributed by atoms with Gasteiger partial charge in [0.1, 0.15) is 11.4 Å². The predicted octanol–water partition coefficient (Wildman–Crippen LogP) is 3.47. The Bertz CT molecular complexity index is 656. The summed E-state index contributed by atoms with van der Waals surface area (Å²) < 4.78 is 45.4. The van der Waals surface area contributed by atoms with Crippen molar-refractivity contribution in [3.05, 3.63) is 42.1 Å². The van der Waals surface area contributed by atoms with Gasteiger partial charge in [-0.25, -0.2) is 4.98 Å². The zero-order chi connectivity index (χ0) is 15.5. The first-order chi connectivity index (χ1) is 9.93. The summed E-state index contributed by atoms with van der Waals surface area (Å²) in [6.07, 6.45) is -4.26. The Morgan fingerprint density at radius 3 is 2.57 bits per heavy atom. The highest BCUT2D eigenvalue weighted by molar-refractivity contribution is 5.85. The van der Waals surface area contributed by atoms with Crippen molar-refractivity contribution in [1.82, 2.24) is 4.98 Å². The number of halogens is 3. The Kier molecular flexibility index (Phi) is 4.11. The van der Waals surface area contributed by atoms with Gasteiger partial charge in [0, 0.05) is 11.6 Å². The summed E-state index contributed by atoms with van der Waals surface area (Å²) >= 11 is 0. The van der Waals surface area contributed by atoms with E-state index in [1.807, 2.05) is 0 Å². The van der Waals surface area contributed by atoms with Crippen molar-refractivity contribution < 1.29 is 27.4 Å². The zero-order valence-corrected chi connectivity index (χ0v) is 10.8. The van der Waals surface area contributed by atoms with E-state index in [2.05, 4.69) is 9.72 Å². The van der Waals surface area contributed by atoms with Gasteiger partial charge in [-0.05, 0) is 23.8 Å². The Hall–Kier alpha value is -2.57. The molecule has 2 rings (SSSR count). The number of pyridine rings is 1. The molecule has 0 aliphatic heterocycles. The first-order valence-electron chi connectivity index (χ1n) is 5.79. The van der Waals surface area contributed by atoms with E-state index in [1.54, 1.807) is 12.1 Å². The Labute approximate surface area is 118 Å². The zero-order valence-electron chi connectivity index (χ0n) is 10.8. The Morgan fingerprint density at radius 2 is 1.95 bits per heavy atom. The number of aromatic nitrogens is 1. The standard InChI is InChI=1S/C14H10F3NO3/c1-20-13-6-5-11(12(8-19)18-13)9-3-2-4-10(7-9)21-14(15,16)17/h2-8H,1H3. The van der Waals surface area contributed by atoms with Gasteiger partial charge in [-0.15, -0.1) is 13.2 Å². The highest BCUT2D eigenvalue weighted by Crippen LogP contribution is 2.29. The van der Waals surface area contributed by atoms with Gasteiger partial charge in [0.25, 0.3) is 0 Å². The molecule has 0 fully saturated rings. The summed E-state index contributed by atoms with van der Waals surface area (Å²) in [4.78, 5) is 15.0. The molecule has 0 amide bonds. The van der Waals surface area contributed by atoms with Crippen molar-refractivity contribution >= 4 is 6.29 Å². The summed E-state index contributed by atoms with van der Waals surface area (Å²) in [6, 6.07) is 8.37. The van der Waals surface area contributed by atoms with Crippen molar-refractivity contribution in [1.29, 1.82) is 0 Å². The molecular weight excluding hydrogens is 287 g/mol. The highest BCUT2D eigenvalue weighted by Gasteiger charge is 2.31. The number of nitrogens with zero attached hydrogens (tertiary/aromatic N) is 1. The Morgan fingerprint density at radius 1 is 1.19 bits per heavy atom. The predicted molar refractivity (Wildman–Crippen MR) is 68.3 cm³/mol. The van der Waals surface area contributed by atoms with Crippen LogP contribution in [0.3, 0.4) is 0 Å². The number of aldehydes is 1. The molecule has 0 unspecified atom stereocenters. The fraction of sp³-hybridized carbons (Fsp3) is 0.143. The van der Waals surface area contributed by atoms with Crippen molar-refractivity contribution in [2.75, 3.05) is 7.11 Å². The molecule has 7 heteroatoms. The van der Waals surface area contributed by atoms with Crippen molar-refractivity contribution in [2.24, 2.45) is 0 Å². The summed E-state index contributed by atoms with van der Waals surface area (Å²) in [5, 5.41) is 0. The summed E-state index contributed by atoms with van der Waals surface area (Å²) in [5.41, 5.74) is 0.839. The van der Waals surface area contributed by atoms with E-state index in [1.165, 1.54) is 31.4 Å². The van der Waals surface area contributed by atoms with E-state index in [4.69, 9.17) is 4.74 Å². The first-order valence-corrected chi connectivity index (χ1v) is 5.79. The molecule has 0 N–H and O–H groups in total. The van der Waals surface area contributed by atoms with Crippen LogP contribution in [-0.2, 0) is 0 Å². The number of rotatable bonds is 4. The van der Waals surface area contributed by atoms with Gasteiger partial charge in [-0.2, -0.15) is 0 Å². The maximum absolute atomic E-state index is 12.2. The minimum atomic E-state index is -4.77. The molecule has 0 radical (unpaired) electrons. The fourth-order valence-corrected chi connectivity index (χ4v) is 1.76. The SMILES string of the molecule is COc1ccc(-c2cccc(OC(F)(F)F)c2)c(C=O)n1. The molecule has 0 spiro atoms. The number of hydrogen-bond donors (Lipinski definition) is 0. The number of carbonyl (C=O) groups excluding carboxylic acids is 1. The van der Waals surface area contributed by atoms with Gasteiger partial charge in [0.2, 0.25) is 5.88 Å². The van der Waals surface area contributed by atoms with Crippen LogP contribution in [-0.4, -0.2) is 24.7 Å². The highest BCUT2D eigenvalue weighted by atomic mass is 19.4. The second kappa shape index (κ2) is 5.82. The lowest BCUT2D eigenvalue weighted by molar-refractivity contribution is -0.274. The first kappa shape index (κ1) is 14.8. The normalized spacial score (nSPS) is 11.0. The topological polar surface area (TPSA) is 48.4 Å². The molecule has 1 heterocycles. The molecule has 2 aromatic rings. The molecule has 1 aromatic carbocycles. The number of benzene rings is 1. The van der Waals surface area contributed by atoms with E-state index in [0.717, 1.165) is 0 Å². The Balaban J connectivity index is 2.42. The molecule has 0 saturated heterocycles. The van der Waals surface area contributed by atoms with E-state index in [-0.39, 0.29) is 17.3 Å². The van der Waals surface area contributed by atoms with Gasteiger partial charge in [0.05, 0.1) is 7.11 Å². The van der Waals surface area contributed by atoms with Crippen LogP contribution in [0.4, 0.5) is 13.2 Å². The molecule has 110 valence electrons. The molecule has 0 bridgehead atoms. The van der Waals surface area contributed by atoms with Crippen LogP contribution < -0.4 is 9.47 Å². The minimum Gasteiger partial charge on any atom is -0.481 e. The van der Waals surface area contributed by atoms with Gasteiger partial charge in [-0.3, -0.25) is 4.79 Å². The van der Waals surface area contributed by atoms with Crippen LogP contribution in [0.1, 0.15) is 10.5 Å². The molecule has 0 saturated carbocycles. The molecule has 21 heavy (non-hydrogen) atoms. The quantitative estimate of drug-likeness (QED) is 0.811. The molecule has 0 aliphatic rings. The second-order valence-electron chi connectivity index (χ2n) is 3.98. The lowest BCUT2D eigenvalue weighted by Crippen LogP contribution is -2.17. The second-order valence-corrected chi connectivity index (χ2v) is 3.98. The van der Waals surface area contributed by atoms with Gasteiger partial charge >= 0.3 is 6.36 Å². The monoisotopic (exact) mass is 297 g/mol. The van der Waals surface area contributed by atoms with Crippen molar-refractivity contribution in [3.63, 3.8) is 0 Å². The van der Waals surface area contributed by atoms with Crippen LogP contribution in [0.15, 0.2) is 36.4 Å². The largest absolute Gasteiger partial charge is 0.573 e. The number of methoxy groups -OCH3 is 1. The third-order valence-electron chi connectivity index (χ3n) is 2.60. The van der Waals surface area contributed by atoms with E-state index in [9.17, 15) is 18.0 Å². The average Bonchev–Trinajstić information content (AvgIpc) is 2.45. The van der Waals surface area contributed by atoms with Crippen LogP contribution in [0.2, 0.25) is 0 Å². The summed E-state index contributed by atoms with van der Waals surface area (Å²) in [6.45, 7) is 0. The van der Waals surface area contributed by atoms with Crippen molar-refractivity contribution in [3.8, 4) is 22.8 Å². The number of alkyl halides is 3. The van der Waals surface area contributed by atoms with Crippen LogP contribution in [0.25, 0.3) is 11.1 Å². The van der Waals surface area contributed by atoms with E-state index >= 15 is 0 Å². The van der Waals surface area contributed by atoms with Gasteiger partial charge in [-0.1, -0.05) is 12.1 Å². The van der Waals surface area contributed by atoms with E-state index in [0.29, 0.717) is 17.4 Å². The average molecular weight is 297 g/mol. The minimum absolute atomic E-state index is 0.0681. The summed E-state index contributed by atoms with van der Waals surface area (Å²) in [5.74, 6) is -0.129. The van der Waals surface area contributed by atoms with Crippen LogP contribution in [0, 0.1) is 0 Å².